The van der Waals surface area contributed by atoms with E-state index in [2.05, 4.69) is 17.6 Å². The second kappa shape index (κ2) is 10.5. The van der Waals surface area contributed by atoms with Crippen LogP contribution in [-0.2, 0) is 20.7 Å². The molecule has 0 atom stereocenters. The number of carbonyl (C=O) groups is 4. The van der Waals surface area contributed by atoms with Gasteiger partial charge in [-0.3, -0.25) is 14.4 Å². The Bertz CT molecular complexity index is 1400. The van der Waals surface area contributed by atoms with Gasteiger partial charge in [0.15, 0.2) is 0 Å². The number of nitrogens with one attached hydrogen (secondary N) is 2. The minimum atomic E-state index is -0.740. The predicted molar refractivity (Wildman–Crippen MR) is 137 cm³/mol. The van der Waals surface area contributed by atoms with Crippen molar-refractivity contribution >= 4 is 52.4 Å². The summed E-state index contributed by atoms with van der Waals surface area (Å²) < 4.78 is 4.70. The van der Waals surface area contributed by atoms with Gasteiger partial charge >= 0.3 is 5.97 Å². The van der Waals surface area contributed by atoms with Gasteiger partial charge in [-0.25, -0.2) is 9.69 Å². The third-order valence-electron chi connectivity index (χ3n) is 5.57. The first kappa shape index (κ1) is 24.7. The van der Waals surface area contributed by atoms with Crippen LogP contribution in [0.2, 0.25) is 0 Å². The first-order valence-corrected chi connectivity index (χ1v) is 11.4. The Morgan fingerprint density at radius 1 is 0.889 bits per heavy atom. The molecule has 3 aromatic carbocycles. The quantitative estimate of drug-likeness (QED) is 0.357. The van der Waals surface area contributed by atoms with Gasteiger partial charge in [-0.15, -0.1) is 0 Å². The Hall–Kier alpha value is -4.43. The number of nitrogens with zero attached hydrogens (tertiary/aromatic N) is 1. The molecule has 0 aliphatic carbocycles. The average Bonchev–Trinajstić information content (AvgIpc) is 3.11. The Kier molecular flexibility index (Phi) is 7.17. The van der Waals surface area contributed by atoms with E-state index in [4.69, 9.17) is 16.3 Å². The van der Waals surface area contributed by atoms with Crippen LogP contribution in [-0.4, -0.2) is 30.8 Å². The molecule has 36 heavy (non-hydrogen) atoms. The first-order chi connectivity index (χ1) is 17.3. The van der Waals surface area contributed by atoms with Gasteiger partial charge in [-0.1, -0.05) is 42.8 Å². The van der Waals surface area contributed by atoms with E-state index in [9.17, 15) is 19.2 Å². The fourth-order valence-electron chi connectivity index (χ4n) is 3.65. The van der Waals surface area contributed by atoms with E-state index in [0.717, 1.165) is 16.9 Å². The molecule has 0 spiro atoms. The Morgan fingerprint density at radius 2 is 1.58 bits per heavy atom. The molecule has 0 radical (unpaired) electrons. The van der Waals surface area contributed by atoms with Crippen LogP contribution in [0.25, 0.3) is 0 Å². The van der Waals surface area contributed by atoms with Crippen molar-refractivity contribution in [1.29, 1.82) is 0 Å². The molecule has 3 amide bonds. The summed E-state index contributed by atoms with van der Waals surface area (Å²) in [5.74, 6) is -2.38. The Labute approximate surface area is 212 Å². The minimum Gasteiger partial charge on any atom is -0.465 e. The second-order valence-electron chi connectivity index (χ2n) is 7.89. The molecule has 182 valence electrons. The summed E-state index contributed by atoms with van der Waals surface area (Å²) in [7, 11) is 1.23. The van der Waals surface area contributed by atoms with Crippen molar-refractivity contribution in [3.8, 4) is 0 Å². The molecule has 1 aliphatic rings. The molecule has 0 bridgehead atoms. The number of amides is 3. The highest BCUT2D eigenvalue weighted by Crippen LogP contribution is 2.31. The number of anilines is 3. The van der Waals surface area contributed by atoms with Crippen LogP contribution >= 0.6 is 11.6 Å². The zero-order valence-electron chi connectivity index (χ0n) is 19.5. The number of carbonyl (C=O) groups excluding carboxylic acids is 4. The van der Waals surface area contributed by atoms with Crippen LogP contribution in [0, 0.1) is 0 Å². The minimum absolute atomic E-state index is 0.141. The van der Waals surface area contributed by atoms with Crippen LogP contribution in [0.3, 0.4) is 0 Å². The van der Waals surface area contributed by atoms with Crippen LogP contribution < -0.4 is 15.5 Å². The van der Waals surface area contributed by atoms with Crippen molar-refractivity contribution in [1.82, 2.24) is 0 Å². The lowest BCUT2D eigenvalue weighted by atomic mass is 10.1. The second-order valence-corrected chi connectivity index (χ2v) is 8.26. The SMILES string of the molecule is CCc1ccc(NC(=O)c2cccc(NC3=C(Cl)C(=O)N(c4cccc(C(=O)OC)c4)C3=O)c2)cc1. The third kappa shape index (κ3) is 4.99. The molecule has 8 nitrogen and oxygen atoms in total. The van der Waals surface area contributed by atoms with Crippen LogP contribution in [0.4, 0.5) is 17.1 Å². The summed E-state index contributed by atoms with van der Waals surface area (Å²) in [6.07, 6.45) is 0.899. The summed E-state index contributed by atoms with van der Waals surface area (Å²) in [6, 6.07) is 19.9. The van der Waals surface area contributed by atoms with Gasteiger partial charge in [0.2, 0.25) is 0 Å². The van der Waals surface area contributed by atoms with Crippen molar-refractivity contribution in [2.75, 3.05) is 22.6 Å². The smallest absolute Gasteiger partial charge is 0.337 e. The number of methoxy groups -OCH3 is 1. The summed E-state index contributed by atoms with van der Waals surface area (Å²) >= 11 is 6.22. The number of benzene rings is 3. The molecule has 2 N–H and O–H groups in total. The fraction of sp³-hybridized carbons (Fsp3) is 0.111. The number of hydrogen-bond donors (Lipinski definition) is 2. The van der Waals surface area contributed by atoms with Crippen molar-refractivity contribution in [3.05, 3.63) is 100 Å². The number of halogens is 1. The van der Waals surface area contributed by atoms with Gasteiger partial charge in [0.05, 0.1) is 18.4 Å². The average molecular weight is 504 g/mol. The number of ether oxygens (including phenoxy) is 1. The van der Waals surface area contributed by atoms with Crippen LogP contribution in [0.5, 0.6) is 0 Å². The molecule has 1 aliphatic heterocycles. The fourth-order valence-corrected chi connectivity index (χ4v) is 3.86. The van der Waals surface area contributed by atoms with Gasteiger partial charge in [0.1, 0.15) is 10.7 Å². The molecule has 0 unspecified atom stereocenters. The molecular weight excluding hydrogens is 482 g/mol. The number of imide groups is 1. The number of hydrogen-bond acceptors (Lipinski definition) is 6. The number of rotatable bonds is 7. The largest absolute Gasteiger partial charge is 0.465 e. The molecular formula is C27H22ClN3O5. The molecule has 0 saturated carbocycles. The monoisotopic (exact) mass is 503 g/mol. The van der Waals surface area contributed by atoms with Crippen LogP contribution in [0.1, 0.15) is 33.2 Å². The predicted octanol–water partition coefficient (Wildman–Crippen LogP) is 4.72. The number of aryl methyl sites for hydroxylation is 1. The van der Waals surface area contributed by atoms with Gasteiger partial charge in [-0.2, -0.15) is 0 Å². The molecule has 0 saturated heterocycles. The van der Waals surface area contributed by atoms with E-state index in [0.29, 0.717) is 16.9 Å². The Morgan fingerprint density at radius 3 is 2.28 bits per heavy atom. The zero-order valence-corrected chi connectivity index (χ0v) is 20.3. The normalized spacial score (nSPS) is 13.1. The van der Waals surface area contributed by atoms with E-state index in [-0.39, 0.29) is 27.9 Å². The highest BCUT2D eigenvalue weighted by atomic mass is 35.5. The van der Waals surface area contributed by atoms with E-state index in [1.165, 1.54) is 31.4 Å². The van der Waals surface area contributed by atoms with E-state index in [1.54, 1.807) is 24.3 Å². The van der Waals surface area contributed by atoms with Gasteiger partial charge in [0, 0.05) is 16.9 Å². The lowest BCUT2D eigenvalue weighted by Gasteiger charge is -2.16. The maximum Gasteiger partial charge on any atom is 0.337 e. The van der Waals surface area contributed by atoms with Gasteiger partial charge in [-0.05, 0) is 60.5 Å². The van der Waals surface area contributed by atoms with Crippen molar-refractivity contribution in [3.63, 3.8) is 0 Å². The van der Waals surface area contributed by atoms with E-state index >= 15 is 0 Å². The van der Waals surface area contributed by atoms with Crippen molar-refractivity contribution in [2.24, 2.45) is 0 Å². The molecule has 4 rings (SSSR count). The van der Waals surface area contributed by atoms with Crippen LogP contribution in [0.15, 0.2) is 83.5 Å². The topological polar surface area (TPSA) is 105 Å². The highest BCUT2D eigenvalue weighted by molar-refractivity contribution is 6.53. The highest BCUT2D eigenvalue weighted by Gasteiger charge is 2.39. The summed E-state index contributed by atoms with van der Waals surface area (Å²) in [5, 5.41) is 5.38. The lowest BCUT2D eigenvalue weighted by Crippen LogP contribution is -2.32. The summed E-state index contributed by atoms with van der Waals surface area (Å²) in [4.78, 5) is 51.3. The Balaban J connectivity index is 1.52. The molecule has 3 aromatic rings. The van der Waals surface area contributed by atoms with Gasteiger partial charge < -0.3 is 15.4 Å². The number of esters is 1. The van der Waals surface area contributed by atoms with Gasteiger partial charge in [0.25, 0.3) is 17.7 Å². The molecule has 9 heteroatoms. The zero-order chi connectivity index (χ0) is 25.8. The maximum atomic E-state index is 13.1. The summed E-state index contributed by atoms with van der Waals surface area (Å²) in [5.41, 5.74) is 2.76. The van der Waals surface area contributed by atoms with E-state index < -0.39 is 17.8 Å². The first-order valence-electron chi connectivity index (χ1n) is 11.1. The molecule has 0 aromatic heterocycles. The maximum absolute atomic E-state index is 13.1. The van der Waals surface area contributed by atoms with Crippen molar-refractivity contribution in [2.45, 2.75) is 13.3 Å². The third-order valence-corrected chi connectivity index (χ3v) is 5.92. The summed E-state index contributed by atoms with van der Waals surface area (Å²) in [6.45, 7) is 2.05. The lowest BCUT2D eigenvalue weighted by molar-refractivity contribution is -0.120. The molecule has 0 fully saturated rings. The standard InChI is InChI=1S/C27H22ClN3O5/c1-3-16-10-12-19(13-11-16)30-24(32)17-6-4-8-20(14-17)29-23-22(28)25(33)31(26(23)34)21-9-5-7-18(15-21)27(35)36-2/h4-15,29H,3H2,1-2H3,(H,30,32). The van der Waals surface area contributed by atoms with E-state index in [1.807, 2.05) is 24.3 Å². The molecule has 1 heterocycles. The van der Waals surface area contributed by atoms with Crippen molar-refractivity contribution < 1.29 is 23.9 Å².